The summed E-state index contributed by atoms with van der Waals surface area (Å²) < 4.78 is 11.3. The molecule has 0 radical (unpaired) electrons. The van der Waals surface area contributed by atoms with Crippen molar-refractivity contribution in [2.24, 2.45) is 0 Å². The molecule has 8 nitrogen and oxygen atoms in total. The van der Waals surface area contributed by atoms with E-state index in [1.54, 1.807) is 12.3 Å². The number of rotatable bonds is 5. The van der Waals surface area contributed by atoms with Crippen molar-refractivity contribution < 1.29 is 19.4 Å². The number of aromatic carboxylic acids is 1. The highest BCUT2D eigenvalue weighted by Gasteiger charge is 2.11. The third kappa shape index (κ3) is 4.01. The number of ether oxygens (including phenoxy) is 2. The summed E-state index contributed by atoms with van der Waals surface area (Å²) in [7, 11) is 0. The number of nitrogens with zero attached hydrogens (tertiary/aromatic N) is 3. The molecular formula is C20H18N4O4. The van der Waals surface area contributed by atoms with Crippen molar-refractivity contribution in [3.63, 3.8) is 0 Å². The quantitative estimate of drug-likeness (QED) is 0.698. The van der Waals surface area contributed by atoms with Crippen LogP contribution in [0.5, 0.6) is 11.5 Å². The predicted octanol–water partition coefficient (Wildman–Crippen LogP) is 3.01. The highest BCUT2D eigenvalue weighted by Crippen LogP contribution is 2.30. The molecule has 0 saturated carbocycles. The van der Waals surface area contributed by atoms with Crippen LogP contribution in [0.1, 0.15) is 22.3 Å². The highest BCUT2D eigenvalue weighted by molar-refractivity contribution is 5.88. The van der Waals surface area contributed by atoms with E-state index in [2.05, 4.69) is 20.3 Å². The second-order valence-electron chi connectivity index (χ2n) is 6.19. The standard InChI is InChI=1S/C20H18N4O4/c25-19(26)14-4-6-21-16(11-14)15-5-7-22-20(24-15)23-12-13-2-3-17-18(10-13)28-9-1-8-27-17/h2-7,10-11H,1,8-9,12H2,(H,25,26)(H,22,23,24). The van der Waals surface area contributed by atoms with Gasteiger partial charge < -0.3 is 19.9 Å². The Morgan fingerprint density at radius 1 is 1.00 bits per heavy atom. The van der Waals surface area contributed by atoms with Gasteiger partial charge in [-0.1, -0.05) is 6.07 Å². The molecule has 0 fully saturated rings. The van der Waals surface area contributed by atoms with E-state index in [0.717, 1.165) is 23.5 Å². The molecule has 28 heavy (non-hydrogen) atoms. The molecule has 0 bridgehead atoms. The number of carbonyl (C=O) groups is 1. The molecule has 0 unspecified atom stereocenters. The van der Waals surface area contributed by atoms with Gasteiger partial charge in [-0.05, 0) is 35.9 Å². The summed E-state index contributed by atoms with van der Waals surface area (Å²) in [6, 6.07) is 10.4. The molecule has 4 rings (SSSR count). The molecule has 0 atom stereocenters. The van der Waals surface area contributed by atoms with Crippen molar-refractivity contribution in [2.45, 2.75) is 13.0 Å². The first kappa shape index (κ1) is 17.7. The fourth-order valence-corrected chi connectivity index (χ4v) is 2.79. The molecule has 3 heterocycles. The van der Waals surface area contributed by atoms with Crippen LogP contribution in [0, 0.1) is 0 Å². The van der Waals surface area contributed by atoms with Crippen LogP contribution in [-0.2, 0) is 6.54 Å². The van der Waals surface area contributed by atoms with Gasteiger partial charge in [0.15, 0.2) is 11.5 Å². The minimum absolute atomic E-state index is 0.158. The largest absolute Gasteiger partial charge is 0.490 e. The Labute approximate surface area is 161 Å². The van der Waals surface area contributed by atoms with Crippen molar-refractivity contribution in [3.05, 3.63) is 59.9 Å². The Balaban J connectivity index is 1.49. The van der Waals surface area contributed by atoms with E-state index in [0.29, 0.717) is 37.1 Å². The van der Waals surface area contributed by atoms with Crippen LogP contribution in [-0.4, -0.2) is 39.2 Å². The lowest BCUT2D eigenvalue weighted by atomic mass is 10.2. The molecule has 8 heteroatoms. The minimum atomic E-state index is -1.01. The predicted molar refractivity (Wildman–Crippen MR) is 102 cm³/mol. The van der Waals surface area contributed by atoms with E-state index in [4.69, 9.17) is 14.6 Å². The van der Waals surface area contributed by atoms with Crippen LogP contribution < -0.4 is 14.8 Å². The van der Waals surface area contributed by atoms with E-state index in [9.17, 15) is 4.79 Å². The lowest BCUT2D eigenvalue weighted by Gasteiger charge is -2.10. The van der Waals surface area contributed by atoms with E-state index < -0.39 is 5.97 Å². The maximum Gasteiger partial charge on any atom is 0.335 e. The Kier molecular flexibility index (Phi) is 5.01. The second-order valence-corrected chi connectivity index (χ2v) is 6.19. The van der Waals surface area contributed by atoms with Crippen molar-refractivity contribution in [2.75, 3.05) is 18.5 Å². The monoisotopic (exact) mass is 378 g/mol. The van der Waals surface area contributed by atoms with Crippen LogP contribution in [0.3, 0.4) is 0 Å². The Morgan fingerprint density at radius 3 is 2.68 bits per heavy atom. The molecule has 0 amide bonds. The summed E-state index contributed by atoms with van der Waals surface area (Å²) >= 11 is 0. The van der Waals surface area contributed by atoms with Gasteiger partial charge in [0.2, 0.25) is 5.95 Å². The zero-order chi connectivity index (χ0) is 19.3. The maximum atomic E-state index is 11.1. The van der Waals surface area contributed by atoms with Crippen LogP contribution >= 0.6 is 0 Å². The van der Waals surface area contributed by atoms with Gasteiger partial charge in [0, 0.05) is 25.4 Å². The molecule has 1 aromatic carbocycles. The van der Waals surface area contributed by atoms with Gasteiger partial charge in [0.05, 0.1) is 30.2 Å². The van der Waals surface area contributed by atoms with E-state index in [-0.39, 0.29) is 5.56 Å². The number of carboxylic acids is 1. The number of nitrogens with one attached hydrogen (secondary N) is 1. The average Bonchev–Trinajstić information content (AvgIpc) is 2.97. The number of anilines is 1. The number of benzene rings is 1. The van der Waals surface area contributed by atoms with E-state index >= 15 is 0 Å². The first-order chi connectivity index (χ1) is 13.7. The third-order valence-electron chi connectivity index (χ3n) is 4.19. The Hall–Kier alpha value is -3.68. The fourth-order valence-electron chi connectivity index (χ4n) is 2.79. The summed E-state index contributed by atoms with van der Waals surface area (Å²) in [5, 5.41) is 12.3. The van der Waals surface area contributed by atoms with Crippen LogP contribution in [0.15, 0.2) is 48.8 Å². The Morgan fingerprint density at radius 2 is 1.82 bits per heavy atom. The molecular weight excluding hydrogens is 360 g/mol. The molecule has 2 N–H and O–H groups in total. The van der Waals surface area contributed by atoms with Gasteiger partial charge in [0.1, 0.15) is 0 Å². The molecule has 1 aliphatic rings. The number of carboxylic acid groups (broad SMARTS) is 1. The summed E-state index contributed by atoms with van der Waals surface area (Å²) in [6.07, 6.45) is 3.92. The number of fused-ring (bicyclic) bond motifs is 1. The van der Waals surface area contributed by atoms with E-state index in [1.807, 2.05) is 18.2 Å². The maximum absolute atomic E-state index is 11.1. The average molecular weight is 378 g/mol. The molecule has 3 aromatic rings. The molecule has 1 aliphatic heterocycles. The van der Waals surface area contributed by atoms with Gasteiger partial charge in [-0.25, -0.2) is 14.8 Å². The van der Waals surface area contributed by atoms with E-state index in [1.165, 1.54) is 18.3 Å². The molecule has 142 valence electrons. The number of hydrogen-bond acceptors (Lipinski definition) is 7. The van der Waals surface area contributed by atoms with Crippen LogP contribution in [0.2, 0.25) is 0 Å². The van der Waals surface area contributed by atoms with Crippen molar-refractivity contribution >= 4 is 11.9 Å². The topological polar surface area (TPSA) is 106 Å². The Bertz CT molecular complexity index is 1010. The van der Waals surface area contributed by atoms with Gasteiger partial charge in [-0.15, -0.1) is 0 Å². The molecule has 0 saturated heterocycles. The van der Waals surface area contributed by atoms with Crippen LogP contribution in [0.25, 0.3) is 11.4 Å². The van der Waals surface area contributed by atoms with Crippen molar-refractivity contribution in [3.8, 4) is 22.9 Å². The second kappa shape index (κ2) is 7.91. The molecule has 0 spiro atoms. The lowest BCUT2D eigenvalue weighted by Crippen LogP contribution is -2.05. The third-order valence-corrected chi connectivity index (χ3v) is 4.19. The smallest absolute Gasteiger partial charge is 0.335 e. The van der Waals surface area contributed by atoms with Gasteiger partial charge in [0.25, 0.3) is 0 Å². The zero-order valence-electron chi connectivity index (χ0n) is 15.0. The van der Waals surface area contributed by atoms with Gasteiger partial charge in [-0.2, -0.15) is 0 Å². The van der Waals surface area contributed by atoms with Crippen molar-refractivity contribution in [1.29, 1.82) is 0 Å². The lowest BCUT2D eigenvalue weighted by molar-refractivity contribution is 0.0697. The van der Waals surface area contributed by atoms with Crippen molar-refractivity contribution in [1.82, 2.24) is 15.0 Å². The number of pyridine rings is 1. The molecule has 2 aromatic heterocycles. The first-order valence-electron chi connectivity index (χ1n) is 8.84. The summed E-state index contributed by atoms with van der Waals surface area (Å²) in [6.45, 7) is 1.79. The zero-order valence-corrected chi connectivity index (χ0v) is 15.0. The fraction of sp³-hybridized carbons (Fsp3) is 0.200. The van der Waals surface area contributed by atoms with Gasteiger partial charge >= 0.3 is 5.97 Å². The SMILES string of the molecule is O=C(O)c1ccnc(-c2ccnc(NCc3ccc4c(c3)OCCCO4)n2)c1. The van der Waals surface area contributed by atoms with Gasteiger partial charge in [-0.3, -0.25) is 4.98 Å². The summed E-state index contributed by atoms with van der Waals surface area (Å²) in [4.78, 5) is 24.0. The summed E-state index contributed by atoms with van der Waals surface area (Å²) in [5.41, 5.74) is 2.18. The number of aromatic nitrogens is 3. The minimum Gasteiger partial charge on any atom is -0.490 e. The normalized spacial score (nSPS) is 12.9. The number of hydrogen-bond donors (Lipinski definition) is 2. The molecule has 0 aliphatic carbocycles. The summed E-state index contributed by atoms with van der Waals surface area (Å²) in [5.74, 6) is 0.905. The first-order valence-corrected chi connectivity index (χ1v) is 8.84. The van der Waals surface area contributed by atoms with Crippen LogP contribution in [0.4, 0.5) is 5.95 Å². The highest BCUT2D eigenvalue weighted by atomic mass is 16.5.